The second kappa shape index (κ2) is 9.59. The first-order valence-corrected chi connectivity index (χ1v) is 10.8. The fourth-order valence-corrected chi connectivity index (χ4v) is 3.94. The van der Waals surface area contributed by atoms with Crippen molar-refractivity contribution in [2.75, 3.05) is 13.7 Å². The lowest BCUT2D eigenvalue weighted by atomic mass is 9.83. The zero-order valence-electron chi connectivity index (χ0n) is 19.1. The molecule has 7 nitrogen and oxygen atoms in total. The quantitative estimate of drug-likeness (QED) is 0.418. The maximum atomic E-state index is 12.6. The van der Waals surface area contributed by atoms with E-state index < -0.39 is 11.9 Å². The molecule has 0 saturated carbocycles. The summed E-state index contributed by atoms with van der Waals surface area (Å²) in [5.74, 6) is 0.909. The number of ether oxygens (including phenoxy) is 4. The fraction of sp³-hybridized carbons (Fsp3) is 0.185. The van der Waals surface area contributed by atoms with Crippen LogP contribution in [0.5, 0.6) is 23.0 Å². The van der Waals surface area contributed by atoms with Crippen LogP contribution in [0.3, 0.4) is 0 Å². The van der Waals surface area contributed by atoms with E-state index in [2.05, 4.69) is 6.07 Å². The van der Waals surface area contributed by atoms with E-state index in [9.17, 15) is 10.1 Å². The molecule has 0 bridgehead atoms. The van der Waals surface area contributed by atoms with Gasteiger partial charge in [-0.3, -0.25) is 0 Å². The first-order valence-electron chi connectivity index (χ1n) is 10.8. The van der Waals surface area contributed by atoms with Gasteiger partial charge in [-0.2, -0.15) is 5.26 Å². The Morgan fingerprint density at radius 2 is 1.91 bits per heavy atom. The van der Waals surface area contributed by atoms with Crippen LogP contribution in [0.4, 0.5) is 0 Å². The van der Waals surface area contributed by atoms with E-state index in [1.165, 1.54) is 0 Å². The molecule has 1 aliphatic heterocycles. The number of nitrogens with two attached hydrogens (primary N) is 1. The van der Waals surface area contributed by atoms with Crippen LogP contribution in [0.2, 0.25) is 0 Å². The van der Waals surface area contributed by atoms with Gasteiger partial charge in [-0.15, -0.1) is 0 Å². The van der Waals surface area contributed by atoms with Crippen molar-refractivity contribution in [3.63, 3.8) is 0 Å². The Labute approximate surface area is 197 Å². The minimum atomic E-state index is -0.487. The molecule has 4 rings (SSSR count). The number of nitriles is 1. The molecule has 7 heteroatoms. The van der Waals surface area contributed by atoms with Crippen LogP contribution >= 0.6 is 0 Å². The summed E-state index contributed by atoms with van der Waals surface area (Å²) in [6.07, 6.45) is 0. The summed E-state index contributed by atoms with van der Waals surface area (Å²) in [4.78, 5) is 12.6. The Balaban J connectivity index is 1.72. The zero-order chi connectivity index (χ0) is 24.2. The number of hydrogen-bond donors (Lipinski definition) is 1. The SMILES string of the molecule is CCOc1ccc(C2C(C#N)=C(N)Oc3cc(OC(=O)c4ccccc4C)ccc32)cc1OC. The number of carbonyl (C=O) groups is 1. The molecule has 3 aromatic carbocycles. The van der Waals surface area contributed by atoms with Crippen LogP contribution in [0.25, 0.3) is 0 Å². The molecule has 1 aliphatic rings. The highest BCUT2D eigenvalue weighted by molar-refractivity contribution is 5.92. The Bertz CT molecular complexity index is 1320. The van der Waals surface area contributed by atoms with Crippen molar-refractivity contribution in [2.24, 2.45) is 5.73 Å². The highest BCUT2D eigenvalue weighted by Gasteiger charge is 2.31. The predicted octanol–water partition coefficient (Wildman–Crippen LogP) is 4.84. The molecule has 172 valence electrons. The van der Waals surface area contributed by atoms with E-state index in [-0.39, 0.29) is 11.5 Å². The van der Waals surface area contributed by atoms with E-state index in [0.29, 0.717) is 40.7 Å². The number of benzene rings is 3. The van der Waals surface area contributed by atoms with Crippen molar-refractivity contribution in [1.29, 1.82) is 5.26 Å². The summed E-state index contributed by atoms with van der Waals surface area (Å²) in [5.41, 5.74) is 9.19. The number of rotatable bonds is 6. The predicted molar refractivity (Wildman–Crippen MR) is 126 cm³/mol. The van der Waals surface area contributed by atoms with Gasteiger partial charge in [0.25, 0.3) is 0 Å². The van der Waals surface area contributed by atoms with Gasteiger partial charge in [0.1, 0.15) is 23.1 Å². The number of esters is 1. The van der Waals surface area contributed by atoms with Gasteiger partial charge in [0.2, 0.25) is 5.88 Å². The third-order valence-electron chi connectivity index (χ3n) is 5.59. The van der Waals surface area contributed by atoms with Gasteiger partial charge >= 0.3 is 5.97 Å². The molecule has 34 heavy (non-hydrogen) atoms. The number of methoxy groups -OCH3 is 1. The first-order chi connectivity index (χ1) is 16.5. The maximum Gasteiger partial charge on any atom is 0.343 e. The van der Waals surface area contributed by atoms with Crippen LogP contribution in [-0.2, 0) is 0 Å². The summed E-state index contributed by atoms with van der Waals surface area (Å²) in [6, 6.07) is 19.9. The lowest BCUT2D eigenvalue weighted by Crippen LogP contribution is -2.21. The fourth-order valence-electron chi connectivity index (χ4n) is 3.94. The smallest absolute Gasteiger partial charge is 0.343 e. The minimum absolute atomic E-state index is 0.00441. The molecule has 0 amide bonds. The molecule has 1 atom stereocenters. The number of nitrogens with zero attached hydrogens (tertiary/aromatic N) is 1. The summed E-state index contributed by atoms with van der Waals surface area (Å²) in [6.45, 7) is 4.23. The van der Waals surface area contributed by atoms with E-state index >= 15 is 0 Å². The lowest BCUT2D eigenvalue weighted by molar-refractivity contribution is 0.0733. The standard InChI is InChI=1S/C27H24N2O5/c1-4-32-22-12-9-17(13-24(22)31-3)25-20-11-10-18(14-23(20)34-26(29)21(25)15-28)33-27(30)19-8-6-5-7-16(19)2/h5-14,25H,4,29H2,1-3H3. The summed E-state index contributed by atoms with van der Waals surface area (Å²) < 4.78 is 22.4. The van der Waals surface area contributed by atoms with Crippen LogP contribution in [0, 0.1) is 18.3 Å². The molecule has 3 aromatic rings. The van der Waals surface area contributed by atoms with Crippen molar-refractivity contribution in [3.05, 3.63) is 94.4 Å². The van der Waals surface area contributed by atoms with Gasteiger partial charge in [0.05, 0.1) is 25.2 Å². The molecule has 0 spiro atoms. The van der Waals surface area contributed by atoms with Crippen molar-refractivity contribution in [2.45, 2.75) is 19.8 Å². The highest BCUT2D eigenvalue weighted by Crippen LogP contribution is 2.45. The lowest BCUT2D eigenvalue weighted by Gasteiger charge is -2.27. The van der Waals surface area contributed by atoms with Gasteiger partial charge in [0.15, 0.2) is 11.5 Å². The number of allylic oxidation sites excluding steroid dienone is 1. The molecule has 0 fully saturated rings. The number of aryl methyl sites for hydroxylation is 1. The molecule has 1 heterocycles. The van der Waals surface area contributed by atoms with E-state index in [0.717, 1.165) is 11.1 Å². The molecule has 0 aliphatic carbocycles. The first kappa shape index (κ1) is 22.7. The van der Waals surface area contributed by atoms with E-state index in [1.54, 1.807) is 43.5 Å². The van der Waals surface area contributed by atoms with Gasteiger partial charge < -0.3 is 24.7 Å². The van der Waals surface area contributed by atoms with Crippen molar-refractivity contribution in [3.8, 4) is 29.1 Å². The molecular formula is C27H24N2O5. The molecule has 2 N–H and O–H groups in total. The number of carbonyl (C=O) groups excluding carboxylic acids is 1. The number of hydrogen-bond acceptors (Lipinski definition) is 7. The van der Waals surface area contributed by atoms with Crippen LogP contribution in [-0.4, -0.2) is 19.7 Å². The van der Waals surface area contributed by atoms with E-state index in [1.807, 2.05) is 38.1 Å². The van der Waals surface area contributed by atoms with E-state index in [4.69, 9.17) is 24.7 Å². The van der Waals surface area contributed by atoms with Crippen LogP contribution < -0.4 is 24.7 Å². The molecule has 1 unspecified atom stereocenters. The average Bonchev–Trinajstić information content (AvgIpc) is 2.83. The third-order valence-corrected chi connectivity index (χ3v) is 5.59. The normalized spacial score (nSPS) is 14.5. The summed E-state index contributed by atoms with van der Waals surface area (Å²) >= 11 is 0. The number of fused-ring (bicyclic) bond motifs is 1. The summed E-state index contributed by atoms with van der Waals surface area (Å²) in [7, 11) is 1.56. The average molecular weight is 456 g/mol. The topological polar surface area (TPSA) is 104 Å². The molecule has 0 aromatic heterocycles. The maximum absolute atomic E-state index is 12.6. The van der Waals surface area contributed by atoms with Crippen molar-refractivity contribution >= 4 is 5.97 Å². The monoisotopic (exact) mass is 456 g/mol. The van der Waals surface area contributed by atoms with Gasteiger partial charge in [-0.25, -0.2) is 4.79 Å². The second-order valence-electron chi connectivity index (χ2n) is 7.67. The van der Waals surface area contributed by atoms with Crippen molar-refractivity contribution < 1.29 is 23.7 Å². The molecule has 0 radical (unpaired) electrons. The Hall–Kier alpha value is -4.44. The Morgan fingerprint density at radius 3 is 2.62 bits per heavy atom. The van der Waals surface area contributed by atoms with Gasteiger partial charge in [0, 0.05) is 11.6 Å². The van der Waals surface area contributed by atoms with Gasteiger partial charge in [-0.05, 0) is 49.2 Å². The van der Waals surface area contributed by atoms with Crippen molar-refractivity contribution in [1.82, 2.24) is 0 Å². The minimum Gasteiger partial charge on any atom is -0.493 e. The van der Waals surface area contributed by atoms with Gasteiger partial charge in [-0.1, -0.05) is 30.3 Å². The largest absolute Gasteiger partial charge is 0.493 e. The Morgan fingerprint density at radius 1 is 1.12 bits per heavy atom. The zero-order valence-corrected chi connectivity index (χ0v) is 19.1. The highest BCUT2D eigenvalue weighted by atomic mass is 16.5. The summed E-state index contributed by atoms with van der Waals surface area (Å²) in [5, 5.41) is 9.82. The Kier molecular flexibility index (Phi) is 6.42. The molecular weight excluding hydrogens is 432 g/mol. The third kappa shape index (κ3) is 4.26. The molecule has 0 saturated heterocycles. The van der Waals surface area contributed by atoms with Crippen LogP contribution in [0.15, 0.2) is 72.1 Å². The second-order valence-corrected chi connectivity index (χ2v) is 7.67. The van der Waals surface area contributed by atoms with Crippen LogP contribution in [0.1, 0.15) is 39.9 Å².